The van der Waals surface area contributed by atoms with Crippen LogP contribution in [0.3, 0.4) is 0 Å². The minimum Gasteiger partial charge on any atom is -0.312 e. The Hall–Kier alpha value is -1.11. The Kier molecular flexibility index (Phi) is 2.64. The molecule has 0 heterocycles. The number of rotatable bonds is 1. The van der Waals surface area contributed by atoms with Gasteiger partial charge in [-0.2, -0.15) is 5.26 Å². The fourth-order valence-corrected chi connectivity index (χ4v) is 1.07. The molecule has 0 radical (unpaired) electrons. The molecule has 62 valence electrons. The van der Waals surface area contributed by atoms with Crippen LogP contribution in [-0.4, -0.2) is 0 Å². The maximum absolute atomic E-state index is 12.8. The van der Waals surface area contributed by atoms with Crippen LogP contribution >= 0.6 is 11.6 Å². The second-order valence-corrected chi connectivity index (χ2v) is 2.63. The van der Waals surface area contributed by atoms with Crippen LogP contribution in [-0.2, 0) is 0 Å². The van der Waals surface area contributed by atoms with Gasteiger partial charge < -0.3 is 5.73 Å². The molecule has 0 saturated heterocycles. The lowest BCUT2D eigenvalue weighted by atomic mass is 10.1. The van der Waals surface area contributed by atoms with Crippen molar-refractivity contribution in [1.29, 1.82) is 5.26 Å². The topological polar surface area (TPSA) is 49.8 Å². The van der Waals surface area contributed by atoms with Gasteiger partial charge in [-0.05, 0) is 6.07 Å². The fraction of sp³-hybridized carbons (Fsp3) is 0.125. The molecule has 0 fully saturated rings. The van der Waals surface area contributed by atoms with Crippen LogP contribution in [0.15, 0.2) is 18.2 Å². The van der Waals surface area contributed by atoms with Gasteiger partial charge in [0.05, 0.1) is 11.1 Å². The Morgan fingerprint density at radius 1 is 1.58 bits per heavy atom. The van der Waals surface area contributed by atoms with Crippen LogP contribution in [0.4, 0.5) is 4.39 Å². The molecule has 0 aliphatic rings. The lowest BCUT2D eigenvalue weighted by Gasteiger charge is -2.05. The zero-order valence-electron chi connectivity index (χ0n) is 6.09. The van der Waals surface area contributed by atoms with Gasteiger partial charge in [-0.3, -0.25) is 0 Å². The van der Waals surface area contributed by atoms with Gasteiger partial charge in [0, 0.05) is 5.56 Å². The molecular formula is C8H6ClFN2. The minimum absolute atomic E-state index is 0.0773. The Labute approximate surface area is 74.4 Å². The van der Waals surface area contributed by atoms with Crippen LogP contribution in [0.1, 0.15) is 11.6 Å². The molecule has 0 bridgehead atoms. The van der Waals surface area contributed by atoms with Crippen molar-refractivity contribution in [1.82, 2.24) is 0 Å². The van der Waals surface area contributed by atoms with Gasteiger partial charge in [-0.1, -0.05) is 23.7 Å². The van der Waals surface area contributed by atoms with E-state index in [9.17, 15) is 4.39 Å². The first kappa shape index (κ1) is 8.98. The average Bonchev–Trinajstić information content (AvgIpc) is 2.08. The number of nitrogens with two attached hydrogens (primary N) is 1. The number of hydrogen-bond donors (Lipinski definition) is 1. The van der Waals surface area contributed by atoms with E-state index in [-0.39, 0.29) is 5.02 Å². The smallest absolute Gasteiger partial charge is 0.142 e. The van der Waals surface area contributed by atoms with E-state index < -0.39 is 11.9 Å². The largest absolute Gasteiger partial charge is 0.312 e. The van der Waals surface area contributed by atoms with Crippen molar-refractivity contribution in [2.24, 2.45) is 5.73 Å². The average molecular weight is 185 g/mol. The number of nitrogens with zero attached hydrogens (tertiary/aromatic N) is 1. The minimum atomic E-state index is -0.867. The van der Waals surface area contributed by atoms with Crippen LogP contribution in [0, 0.1) is 17.1 Å². The zero-order valence-corrected chi connectivity index (χ0v) is 6.85. The normalized spacial score (nSPS) is 12.2. The summed E-state index contributed by atoms with van der Waals surface area (Å²) >= 11 is 5.56. The second-order valence-electron chi connectivity index (χ2n) is 2.25. The predicted molar refractivity (Wildman–Crippen MR) is 44.0 cm³/mol. The first-order valence-electron chi connectivity index (χ1n) is 3.26. The summed E-state index contributed by atoms with van der Waals surface area (Å²) in [6, 6.07) is 5.12. The molecule has 1 aromatic carbocycles. The van der Waals surface area contributed by atoms with E-state index >= 15 is 0 Å². The molecule has 0 amide bonds. The SMILES string of the molecule is N#CC(N)c1cccc(F)c1Cl. The van der Waals surface area contributed by atoms with Gasteiger partial charge >= 0.3 is 0 Å². The summed E-state index contributed by atoms with van der Waals surface area (Å²) in [7, 11) is 0. The molecule has 1 atom stereocenters. The second kappa shape index (κ2) is 3.53. The maximum Gasteiger partial charge on any atom is 0.142 e. The lowest BCUT2D eigenvalue weighted by molar-refractivity contribution is 0.625. The van der Waals surface area contributed by atoms with Crippen molar-refractivity contribution < 1.29 is 4.39 Å². The molecule has 0 aromatic heterocycles. The molecule has 2 N–H and O–H groups in total. The third kappa shape index (κ3) is 1.55. The van der Waals surface area contributed by atoms with Gasteiger partial charge in [0.2, 0.25) is 0 Å². The van der Waals surface area contributed by atoms with Gasteiger partial charge in [-0.15, -0.1) is 0 Å². The lowest BCUT2D eigenvalue weighted by Crippen LogP contribution is -2.08. The monoisotopic (exact) mass is 184 g/mol. The van der Waals surface area contributed by atoms with Crippen molar-refractivity contribution in [2.45, 2.75) is 6.04 Å². The summed E-state index contributed by atoms with van der Waals surface area (Å²) in [5.41, 5.74) is 5.67. The molecule has 2 nitrogen and oxygen atoms in total. The van der Waals surface area contributed by atoms with Gasteiger partial charge in [0.1, 0.15) is 11.9 Å². The van der Waals surface area contributed by atoms with Crippen molar-refractivity contribution >= 4 is 11.6 Å². The summed E-state index contributed by atoms with van der Waals surface area (Å²) in [4.78, 5) is 0. The number of benzene rings is 1. The van der Waals surface area contributed by atoms with E-state index in [1.165, 1.54) is 18.2 Å². The molecule has 12 heavy (non-hydrogen) atoms. The first-order valence-corrected chi connectivity index (χ1v) is 3.63. The van der Waals surface area contributed by atoms with Crippen molar-refractivity contribution in [3.63, 3.8) is 0 Å². The summed E-state index contributed by atoms with van der Waals surface area (Å²) in [5, 5.41) is 8.37. The Bertz CT molecular complexity index is 332. The Balaban J connectivity index is 3.18. The molecule has 1 aromatic rings. The highest BCUT2D eigenvalue weighted by Crippen LogP contribution is 2.23. The molecular weight excluding hydrogens is 179 g/mol. The number of nitriles is 1. The Morgan fingerprint density at radius 2 is 2.25 bits per heavy atom. The standard InChI is InChI=1S/C8H6ClFN2/c9-8-5(7(12)4-11)2-1-3-6(8)10/h1-3,7H,12H2. The van der Waals surface area contributed by atoms with E-state index in [0.717, 1.165) is 0 Å². The predicted octanol–water partition coefficient (Wildman–Crippen LogP) is 2.00. The third-order valence-corrected chi connectivity index (χ3v) is 1.85. The van der Waals surface area contributed by atoms with E-state index in [1.54, 1.807) is 6.07 Å². The first-order chi connectivity index (χ1) is 5.66. The van der Waals surface area contributed by atoms with Crippen molar-refractivity contribution in [3.05, 3.63) is 34.6 Å². The molecule has 0 saturated carbocycles. The molecule has 0 spiro atoms. The molecule has 0 aliphatic carbocycles. The van der Waals surface area contributed by atoms with E-state index in [4.69, 9.17) is 22.6 Å². The third-order valence-electron chi connectivity index (χ3n) is 1.46. The van der Waals surface area contributed by atoms with E-state index in [0.29, 0.717) is 5.56 Å². The molecule has 1 rings (SSSR count). The molecule has 0 aliphatic heterocycles. The summed E-state index contributed by atoms with van der Waals surface area (Å²) < 4.78 is 12.8. The van der Waals surface area contributed by atoms with E-state index in [2.05, 4.69) is 0 Å². The summed E-state index contributed by atoms with van der Waals surface area (Å²) in [6.45, 7) is 0. The van der Waals surface area contributed by atoms with Gasteiger partial charge in [0.25, 0.3) is 0 Å². The van der Waals surface area contributed by atoms with Crippen molar-refractivity contribution in [3.8, 4) is 6.07 Å². The number of hydrogen-bond acceptors (Lipinski definition) is 2. The van der Waals surface area contributed by atoms with Crippen LogP contribution in [0.2, 0.25) is 5.02 Å². The summed E-state index contributed by atoms with van der Waals surface area (Å²) in [5.74, 6) is -0.556. The maximum atomic E-state index is 12.8. The number of halogens is 2. The molecule has 4 heteroatoms. The van der Waals surface area contributed by atoms with Crippen LogP contribution < -0.4 is 5.73 Å². The van der Waals surface area contributed by atoms with Gasteiger partial charge in [-0.25, -0.2) is 4.39 Å². The van der Waals surface area contributed by atoms with Crippen molar-refractivity contribution in [2.75, 3.05) is 0 Å². The highest BCUT2D eigenvalue weighted by Gasteiger charge is 2.11. The molecule has 1 unspecified atom stereocenters. The Morgan fingerprint density at radius 3 is 2.83 bits per heavy atom. The van der Waals surface area contributed by atoms with Crippen LogP contribution in [0.5, 0.6) is 0 Å². The highest BCUT2D eigenvalue weighted by atomic mass is 35.5. The summed E-state index contributed by atoms with van der Waals surface area (Å²) in [6.07, 6.45) is 0. The highest BCUT2D eigenvalue weighted by molar-refractivity contribution is 6.31. The van der Waals surface area contributed by atoms with Crippen LogP contribution in [0.25, 0.3) is 0 Å². The fourth-order valence-electron chi connectivity index (χ4n) is 0.830. The van der Waals surface area contributed by atoms with E-state index in [1.807, 2.05) is 0 Å². The zero-order chi connectivity index (χ0) is 9.14. The van der Waals surface area contributed by atoms with Gasteiger partial charge in [0.15, 0.2) is 0 Å². The quantitative estimate of drug-likeness (QED) is 0.726.